The van der Waals surface area contributed by atoms with Gasteiger partial charge < -0.3 is 19.4 Å². The monoisotopic (exact) mass is 373 g/mol. The van der Waals surface area contributed by atoms with Crippen LogP contribution in [0.5, 0.6) is 5.75 Å². The molecule has 1 atom stereocenters. The molecule has 2 N–H and O–H groups in total. The van der Waals surface area contributed by atoms with E-state index in [0.29, 0.717) is 17.0 Å². The Morgan fingerprint density at radius 1 is 1.22 bits per heavy atom. The first kappa shape index (κ1) is 18.1. The molecule has 3 rings (SSSR count). The normalized spacial score (nSPS) is 12.0. The van der Waals surface area contributed by atoms with Gasteiger partial charge in [0.25, 0.3) is 0 Å². The van der Waals surface area contributed by atoms with Crippen molar-refractivity contribution in [2.24, 2.45) is 0 Å². The first-order valence-corrected chi connectivity index (χ1v) is 7.94. The third kappa shape index (κ3) is 4.48. The fourth-order valence-electron chi connectivity index (χ4n) is 2.45. The molecular weight excluding hydrogens is 358 g/mol. The zero-order chi connectivity index (χ0) is 19.4. The van der Waals surface area contributed by atoms with Crippen LogP contribution in [0, 0.1) is 0 Å². The lowest BCUT2D eigenvalue weighted by molar-refractivity contribution is -0.142. The van der Waals surface area contributed by atoms with E-state index < -0.39 is 23.6 Å². The number of carboxylic acid groups (broad SMARTS) is 2. The lowest BCUT2D eigenvalue weighted by Gasteiger charge is -2.10. The molecule has 2 heterocycles. The Kier molecular flexibility index (Phi) is 5.15. The van der Waals surface area contributed by atoms with Crippen LogP contribution in [-0.4, -0.2) is 37.1 Å². The summed E-state index contributed by atoms with van der Waals surface area (Å²) in [6.45, 7) is 0.00778. The van der Waals surface area contributed by atoms with Crippen molar-refractivity contribution in [3.63, 3.8) is 0 Å². The second-order valence-corrected chi connectivity index (χ2v) is 5.72. The van der Waals surface area contributed by atoms with Crippen molar-refractivity contribution in [1.29, 1.82) is 0 Å². The highest BCUT2D eigenvalue weighted by molar-refractivity contribution is 5.77. The molecule has 1 aromatic carbocycles. The molecule has 0 aliphatic rings. The number of hydrogen-bond acceptors (Lipinski definition) is 7. The zero-order valence-corrected chi connectivity index (χ0v) is 13.9. The van der Waals surface area contributed by atoms with Crippen molar-refractivity contribution in [2.45, 2.75) is 25.5 Å². The molecule has 0 aliphatic carbocycles. The van der Waals surface area contributed by atoms with Crippen molar-refractivity contribution in [2.75, 3.05) is 0 Å². The lowest BCUT2D eigenvalue weighted by Crippen LogP contribution is -2.20. The maximum Gasteiger partial charge on any atom is 0.336 e. The van der Waals surface area contributed by atoms with Crippen molar-refractivity contribution in [3.05, 3.63) is 52.6 Å². The van der Waals surface area contributed by atoms with Gasteiger partial charge in [0.2, 0.25) is 0 Å². The molecule has 0 spiro atoms. The van der Waals surface area contributed by atoms with Crippen molar-refractivity contribution in [3.8, 4) is 5.75 Å². The van der Waals surface area contributed by atoms with Crippen LogP contribution in [0.25, 0.3) is 11.0 Å². The smallest absolute Gasteiger partial charge is 0.336 e. The Bertz CT molecular complexity index is 1040. The Morgan fingerprint density at radius 3 is 2.74 bits per heavy atom. The number of hydrogen-bond donors (Lipinski definition) is 2. The minimum absolute atomic E-state index is 0.00778. The van der Waals surface area contributed by atoms with Gasteiger partial charge in [0.05, 0.1) is 6.20 Å². The van der Waals surface area contributed by atoms with E-state index in [1.807, 2.05) is 0 Å². The summed E-state index contributed by atoms with van der Waals surface area (Å²) in [4.78, 5) is 33.2. The number of benzene rings is 1. The van der Waals surface area contributed by atoms with Crippen molar-refractivity contribution < 1.29 is 29.0 Å². The largest absolute Gasteiger partial charge is 0.487 e. The van der Waals surface area contributed by atoms with E-state index in [0.717, 1.165) is 10.1 Å². The summed E-state index contributed by atoms with van der Waals surface area (Å²) in [6.07, 6.45) is 0.977. The highest BCUT2D eigenvalue weighted by atomic mass is 16.5. The van der Waals surface area contributed by atoms with Crippen LogP contribution >= 0.6 is 0 Å². The summed E-state index contributed by atoms with van der Waals surface area (Å²) in [5.41, 5.74) is 0.276. The first-order chi connectivity index (χ1) is 12.9. The van der Waals surface area contributed by atoms with E-state index in [9.17, 15) is 19.5 Å². The molecule has 10 heteroatoms. The molecule has 0 bridgehead atoms. The molecule has 3 aromatic rings. The number of aliphatic carboxylic acids is 2. The topological polar surface area (TPSA) is 145 Å². The zero-order valence-electron chi connectivity index (χ0n) is 13.9. The molecule has 10 nitrogen and oxygen atoms in total. The van der Waals surface area contributed by atoms with Gasteiger partial charge >= 0.3 is 17.6 Å². The van der Waals surface area contributed by atoms with Crippen LogP contribution in [-0.2, 0) is 16.2 Å². The maximum absolute atomic E-state index is 11.3. The summed E-state index contributed by atoms with van der Waals surface area (Å²) >= 11 is 0. The number of carbonyl (C=O) groups is 2. The summed E-state index contributed by atoms with van der Waals surface area (Å²) in [5, 5.41) is 26.3. The lowest BCUT2D eigenvalue weighted by atomic mass is 10.1. The minimum atomic E-state index is -1.20. The fraction of sp³-hybridized carbons (Fsp3) is 0.235. The number of ether oxygens (including phenoxy) is 1. The second kappa shape index (κ2) is 7.68. The van der Waals surface area contributed by atoms with E-state index >= 15 is 0 Å². The molecule has 27 heavy (non-hydrogen) atoms. The predicted molar refractivity (Wildman–Crippen MR) is 90.4 cm³/mol. The highest BCUT2D eigenvalue weighted by Crippen LogP contribution is 2.20. The fourth-order valence-corrected chi connectivity index (χ4v) is 2.45. The highest BCUT2D eigenvalue weighted by Gasteiger charge is 2.22. The van der Waals surface area contributed by atoms with E-state index in [1.54, 1.807) is 24.3 Å². The molecule has 1 unspecified atom stereocenters. The molecule has 0 saturated heterocycles. The maximum atomic E-state index is 11.3. The molecule has 140 valence electrons. The van der Waals surface area contributed by atoms with Gasteiger partial charge in [-0.1, -0.05) is 5.21 Å². The summed E-state index contributed by atoms with van der Waals surface area (Å²) < 4.78 is 11.8. The number of carboxylic acids is 2. The van der Waals surface area contributed by atoms with Gasteiger partial charge in [-0.2, -0.15) is 0 Å². The molecule has 0 fully saturated rings. The number of fused-ring (bicyclic) bond motifs is 1. The van der Waals surface area contributed by atoms with Gasteiger partial charge in [0, 0.05) is 23.9 Å². The van der Waals surface area contributed by atoms with Crippen LogP contribution in [0.1, 0.15) is 24.6 Å². The average Bonchev–Trinajstić information content (AvgIpc) is 3.07. The van der Waals surface area contributed by atoms with Crippen LogP contribution < -0.4 is 10.4 Å². The third-order valence-electron chi connectivity index (χ3n) is 3.78. The SMILES string of the molecule is O=C(O)CCC(C(=O)O)n1cc(COc2ccc3ccc(=O)oc3c2)nn1. The molecule has 0 saturated carbocycles. The predicted octanol–water partition coefficient (Wildman–Crippen LogP) is 1.45. The Balaban J connectivity index is 1.69. The van der Waals surface area contributed by atoms with E-state index in [1.165, 1.54) is 12.3 Å². The quantitative estimate of drug-likeness (QED) is 0.560. The van der Waals surface area contributed by atoms with Crippen LogP contribution in [0.15, 0.2) is 45.7 Å². The van der Waals surface area contributed by atoms with E-state index in [-0.39, 0.29) is 19.4 Å². The van der Waals surface area contributed by atoms with Gasteiger partial charge in [-0.15, -0.1) is 5.10 Å². The van der Waals surface area contributed by atoms with Gasteiger partial charge in [-0.25, -0.2) is 14.3 Å². The average molecular weight is 373 g/mol. The van der Waals surface area contributed by atoms with Crippen molar-refractivity contribution in [1.82, 2.24) is 15.0 Å². The first-order valence-electron chi connectivity index (χ1n) is 7.94. The molecule has 2 aromatic heterocycles. The van der Waals surface area contributed by atoms with Gasteiger partial charge in [0.1, 0.15) is 23.6 Å². The molecule has 0 radical (unpaired) electrons. The number of rotatable bonds is 8. The van der Waals surface area contributed by atoms with E-state index in [4.69, 9.17) is 14.3 Å². The third-order valence-corrected chi connectivity index (χ3v) is 3.78. The molecule has 0 aliphatic heterocycles. The van der Waals surface area contributed by atoms with E-state index in [2.05, 4.69) is 10.3 Å². The van der Waals surface area contributed by atoms with Gasteiger partial charge in [-0.05, 0) is 24.6 Å². The summed E-state index contributed by atoms with van der Waals surface area (Å²) in [5.74, 6) is -1.85. The van der Waals surface area contributed by atoms with Gasteiger partial charge in [0.15, 0.2) is 6.04 Å². The summed E-state index contributed by atoms with van der Waals surface area (Å²) in [7, 11) is 0. The minimum Gasteiger partial charge on any atom is -0.487 e. The Morgan fingerprint density at radius 2 is 2.00 bits per heavy atom. The molecule has 0 amide bonds. The Labute approximate surface area is 151 Å². The Hall–Kier alpha value is -3.69. The van der Waals surface area contributed by atoms with Crippen LogP contribution in [0.2, 0.25) is 0 Å². The summed E-state index contributed by atoms with van der Waals surface area (Å²) in [6, 6.07) is 6.83. The standard InChI is InChI=1S/C17H15N3O7/c21-15(22)5-4-13(17(24)25)20-8-11(18-19-20)9-26-12-3-1-10-2-6-16(23)27-14(10)7-12/h1-3,6-8,13H,4-5,9H2,(H,21,22)(H,24,25). The molecular formula is C17H15N3O7. The number of aromatic nitrogens is 3. The van der Waals surface area contributed by atoms with Gasteiger partial charge in [-0.3, -0.25) is 4.79 Å². The number of nitrogens with zero attached hydrogens (tertiary/aromatic N) is 3. The van der Waals surface area contributed by atoms with Crippen LogP contribution in [0.3, 0.4) is 0 Å². The van der Waals surface area contributed by atoms with Crippen LogP contribution in [0.4, 0.5) is 0 Å². The second-order valence-electron chi connectivity index (χ2n) is 5.72. The van der Waals surface area contributed by atoms with Crippen molar-refractivity contribution >= 4 is 22.9 Å².